The average molecular weight is 328 g/mol. The third-order valence-electron chi connectivity index (χ3n) is 3.73. The van der Waals surface area contributed by atoms with E-state index in [1.807, 2.05) is 13.8 Å². The van der Waals surface area contributed by atoms with E-state index in [0.717, 1.165) is 10.8 Å². The number of carbonyl (C=O) groups is 1. The highest BCUT2D eigenvalue weighted by Crippen LogP contribution is 2.27. The summed E-state index contributed by atoms with van der Waals surface area (Å²) in [5, 5.41) is 0. The normalized spacial score (nSPS) is 22.3. The first-order valence-corrected chi connectivity index (χ1v) is 7.41. The van der Waals surface area contributed by atoms with Crippen molar-refractivity contribution in [1.82, 2.24) is 9.55 Å². The van der Waals surface area contributed by atoms with Crippen LogP contribution in [0.4, 0.5) is 10.2 Å². The molecule has 0 saturated carbocycles. The molecule has 0 aliphatic carbocycles. The molecule has 0 radical (unpaired) electrons. The van der Waals surface area contributed by atoms with E-state index in [1.165, 1.54) is 0 Å². The van der Waals surface area contributed by atoms with Crippen LogP contribution in [0.15, 0.2) is 11.0 Å². The lowest BCUT2D eigenvalue weighted by atomic mass is 10.1. The van der Waals surface area contributed by atoms with Crippen molar-refractivity contribution in [3.8, 4) is 0 Å². The highest BCUT2D eigenvalue weighted by atomic mass is 19.1. The van der Waals surface area contributed by atoms with Crippen molar-refractivity contribution >= 4 is 11.8 Å². The van der Waals surface area contributed by atoms with Gasteiger partial charge in [-0.3, -0.25) is 9.36 Å². The van der Waals surface area contributed by atoms with Crippen molar-refractivity contribution in [3.05, 3.63) is 22.5 Å². The van der Waals surface area contributed by atoms with E-state index in [1.54, 1.807) is 0 Å². The molecule has 8 nitrogen and oxygen atoms in total. The fourth-order valence-corrected chi connectivity index (χ4v) is 2.22. The number of esters is 1. The standard InChI is InChI=1S/C14H21FN4O4/c1-7(2)11(16)13(20)22-6-8-3-4-10(23-8)19-5-9(15)12(17)18-14(19)21/h5,7-8,10-11H,3-4,6,16H2,1-2H3,(H2,17,18,21). The van der Waals surface area contributed by atoms with Crippen LogP contribution in [-0.2, 0) is 14.3 Å². The van der Waals surface area contributed by atoms with Crippen LogP contribution in [0.1, 0.15) is 32.9 Å². The van der Waals surface area contributed by atoms with Gasteiger partial charge in [0.2, 0.25) is 0 Å². The molecule has 1 aliphatic heterocycles. The minimum atomic E-state index is -0.786. The number of ether oxygens (including phenoxy) is 2. The third-order valence-corrected chi connectivity index (χ3v) is 3.73. The molecule has 0 spiro atoms. The molecule has 3 unspecified atom stereocenters. The maximum Gasteiger partial charge on any atom is 0.351 e. The van der Waals surface area contributed by atoms with Gasteiger partial charge in [0.25, 0.3) is 0 Å². The Morgan fingerprint density at radius 2 is 2.26 bits per heavy atom. The van der Waals surface area contributed by atoms with E-state index in [0.29, 0.717) is 12.8 Å². The van der Waals surface area contributed by atoms with Crippen LogP contribution >= 0.6 is 0 Å². The second-order valence-corrected chi connectivity index (χ2v) is 5.85. The summed E-state index contributed by atoms with van der Waals surface area (Å²) in [5.74, 6) is -1.75. The molecule has 9 heteroatoms. The molecule has 1 aromatic heterocycles. The summed E-state index contributed by atoms with van der Waals surface area (Å²) in [7, 11) is 0. The average Bonchev–Trinajstić information content (AvgIpc) is 2.96. The van der Waals surface area contributed by atoms with Gasteiger partial charge < -0.3 is 20.9 Å². The lowest BCUT2D eigenvalue weighted by Crippen LogP contribution is -2.38. The SMILES string of the molecule is CC(C)C(N)C(=O)OCC1CCC(n2cc(F)c(N)nc2=O)O1. The Bertz CT molecular complexity index is 634. The lowest BCUT2D eigenvalue weighted by molar-refractivity contribution is -0.151. The predicted molar refractivity (Wildman–Crippen MR) is 79.8 cm³/mol. The van der Waals surface area contributed by atoms with Gasteiger partial charge >= 0.3 is 11.7 Å². The zero-order chi connectivity index (χ0) is 17.1. The second-order valence-electron chi connectivity index (χ2n) is 5.85. The fourth-order valence-electron chi connectivity index (χ4n) is 2.22. The van der Waals surface area contributed by atoms with Crippen LogP contribution in [0.5, 0.6) is 0 Å². The van der Waals surface area contributed by atoms with Gasteiger partial charge in [-0.15, -0.1) is 0 Å². The minimum absolute atomic E-state index is 0.0258. The van der Waals surface area contributed by atoms with Crippen LogP contribution in [0.3, 0.4) is 0 Å². The van der Waals surface area contributed by atoms with Gasteiger partial charge in [0, 0.05) is 0 Å². The molecule has 3 atom stereocenters. The molecule has 0 bridgehead atoms. The minimum Gasteiger partial charge on any atom is -0.462 e. The highest BCUT2D eigenvalue weighted by Gasteiger charge is 2.30. The van der Waals surface area contributed by atoms with Crippen LogP contribution in [0, 0.1) is 11.7 Å². The number of nitrogens with zero attached hydrogens (tertiary/aromatic N) is 2. The first-order chi connectivity index (χ1) is 10.8. The van der Waals surface area contributed by atoms with E-state index < -0.39 is 35.6 Å². The highest BCUT2D eigenvalue weighted by molar-refractivity contribution is 5.75. The summed E-state index contributed by atoms with van der Waals surface area (Å²) in [6.07, 6.45) is 0.971. The summed E-state index contributed by atoms with van der Waals surface area (Å²) < 4.78 is 25.2. The fraction of sp³-hybridized carbons (Fsp3) is 0.643. The lowest BCUT2D eigenvalue weighted by Gasteiger charge is -2.18. The maximum atomic E-state index is 13.4. The van der Waals surface area contributed by atoms with E-state index in [9.17, 15) is 14.0 Å². The first kappa shape index (κ1) is 17.4. The molecule has 0 amide bonds. The molecule has 23 heavy (non-hydrogen) atoms. The number of nitrogens with two attached hydrogens (primary N) is 2. The Morgan fingerprint density at radius 1 is 1.57 bits per heavy atom. The van der Waals surface area contributed by atoms with Gasteiger partial charge in [-0.05, 0) is 18.8 Å². The van der Waals surface area contributed by atoms with Gasteiger partial charge in [-0.25, -0.2) is 9.18 Å². The second kappa shape index (κ2) is 7.05. The number of hydrogen-bond donors (Lipinski definition) is 2. The summed E-state index contributed by atoms with van der Waals surface area (Å²) in [4.78, 5) is 26.8. The van der Waals surface area contributed by atoms with Crippen molar-refractivity contribution in [2.45, 2.75) is 45.1 Å². The van der Waals surface area contributed by atoms with Crippen molar-refractivity contribution in [1.29, 1.82) is 0 Å². The summed E-state index contributed by atoms with van der Waals surface area (Å²) >= 11 is 0. The number of anilines is 1. The quantitative estimate of drug-likeness (QED) is 0.739. The van der Waals surface area contributed by atoms with Crippen molar-refractivity contribution in [3.63, 3.8) is 0 Å². The van der Waals surface area contributed by atoms with Crippen LogP contribution in [0.2, 0.25) is 0 Å². The van der Waals surface area contributed by atoms with E-state index >= 15 is 0 Å². The molecular weight excluding hydrogens is 307 g/mol. The monoisotopic (exact) mass is 328 g/mol. The van der Waals surface area contributed by atoms with E-state index in [-0.39, 0.29) is 18.6 Å². The van der Waals surface area contributed by atoms with Gasteiger partial charge in [-0.2, -0.15) is 4.98 Å². The Hall–Kier alpha value is -2.00. The number of halogens is 1. The Morgan fingerprint density at radius 3 is 2.91 bits per heavy atom. The maximum absolute atomic E-state index is 13.4. The molecule has 2 rings (SSSR count). The summed E-state index contributed by atoms with van der Waals surface area (Å²) in [6.45, 7) is 3.68. The number of carbonyl (C=O) groups excluding carboxylic acids is 1. The molecule has 1 aliphatic rings. The third kappa shape index (κ3) is 4.05. The smallest absolute Gasteiger partial charge is 0.351 e. The Kier molecular flexibility index (Phi) is 5.32. The summed E-state index contributed by atoms with van der Waals surface area (Å²) in [6, 6.07) is -0.690. The van der Waals surface area contributed by atoms with Gasteiger partial charge in [-0.1, -0.05) is 13.8 Å². The van der Waals surface area contributed by atoms with Gasteiger partial charge in [0.15, 0.2) is 11.6 Å². The molecule has 1 fully saturated rings. The predicted octanol–water partition coefficient (Wildman–Crippen LogP) is 0.169. The Balaban J connectivity index is 1.93. The van der Waals surface area contributed by atoms with Gasteiger partial charge in [0.05, 0.1) is 12.3 Å². The number of aromatic nitrogens is 2. The van der Waals surface area contributed by atoms with E-state index in [2.05, 4.69) is 4.98 Å². The zero-order valence-electron chi connectivity index (χ0n) is 13.1. The van der Waals surface area contributed by atoms with Crippen molar-refractivity contribution in [2.75, 3.05) is 12.3 Å². The van der Waals surface area contributed by atoms with E-state index in [4.69, 9.17) is 20.9 Å². The van der Waals surface area contributed by atoms with Crippen LogP contribution < -0.4 is 17.2 Å². The summed E-state index contributed by atoms with van der Waals surface area (Å²) in [5.41, 5.74) is 10.2. The Labute approximate surface area is 132 Å². The number of nitrogen functional groups attached to an aromatic ring is 1. The van der Waals surface area contributed by atoms with Crippen LogP contribution in [-0.4, -0.2) is 34.3 Å². The van der Waals surface area contributed by atoms with Crippen LogP contribution in [0.25, 0.3) is 0 Å². The molecule has 2 heterocycles. The first-order valence-electron chi connectivity index (χ1n) is 7.41. The van der Waals surface area contributed by atoms with Crippen molar-refractivity contribution in [2.24, 2.45) is 11.7 Å². The molecule has 0 aromatic carbocycles. The molecular formula is C14H21FN4O4. The van der Waals surface area contributed by atoms with Crippen molar-refractivity contribution < 1.29 is 18.7 Å². The van der Waals surface area contributed by atoms with Gasteiger partial charge in [0.1, 0.15) is 18.9 Å². The topological polar surface area (TPSA) is 122 Å². The molecule has 128 valence electrons. The molecule has 1 aromatic rings. The number of hydrogen-bond acceptors (Lipinski definition) is 7. The molecule has 1 saturated heterocycles. The largest absolute Gasteiger partial charge is 0.462 e. The zero-order valence-corrected chi connectivity index (χ0v) is 13.1. The number of rotatable bonds is 5. The molecule has 4 N–H and O–H groups in total.